The number of amides is 1. The van der Waals surface area contributed by atoms with Gasteiger partial charge in [0.05, 0.1) is 42.2 Å². The number of halogens is 2. The Hall–Kier alpha value is -2.16. The van der Waals surface area contributed by atoms with Crippen LogP contribution >= 0.6 is 23.2 Å². The molecule has 0 saturated heterocycles. The number of hydrogen-bond acceptors (Lipinski definition) is 5. The molecule has 158 valence electrons. The molecule has 2 aromatic carbocycles. The number of carbonyl (C=O) groups excluding carboxylic acids is 1. The molecule has 0 aromatic heterocycles. The smallest absolute Gasteiger partial charge is 0.241 e. The first kappa shape index (κ1) is 23.1. The molecule has 0 aliphatic heterocycles. The first-order valence-electron chi connectivity index (χ1n) is 8.51. The normalized spacial score (nSPS) is 12.2. The quantitative estimate of drug-likeness (QED) is 0.649. The van der Waals surface area contributed by atoms with Gasteiger partial charge in [0.25, 0.3) is 0 Å². The van der Waals surface area contributed by atoms with Gasteiger partial charge in [0.2, 0.25) is 15.9 Å². The van der Waals surface area contributed by atoms with Crippen LogP contribution in [-0.4, -0.2) is 41.3 Å². The predicted octanol–water partition coefficient (Wildman–Crippen LogP) is 3.65. The number of methoxy groups -OCH3 is 2. The van der Waals surface area contributed by atoms with E-state index in [1.54, 1.807) is 31.2 Å². The van der Waals surface area contributed by atoms with E-state index in [9.17, 15) is 13.2 Å². The van der Waals surface area contributed by atoms with Gasteiger partial charge in [-0.1, -0.05) is 29.3 Å². The summed E-state index contributed by atoms with van der Waals surface area (Å²) in [4.78, 5) is 12.6. The van der Waals surface area contributed by atoms with E-state index in [2.05, 4.69) is 5.32 Å². The maximum absolute atomic E-state index is 12.6. The van der Waals surface area contributed by atoms with E-state index in [4.69, 9.17) is 32.7 Å². The maximum Gasteiger partial charge on any atom is 0.241 e. The third kappa shape index (κ3) is 5.68. The number of nitrogens with one attached hydrogen (secondary N) is 1. The number of ether oxygens (including phenoxy) is 2. The lowest BCUT2D eigenvalue weighted by molar-refractivity contribution is -0.120. The van der Waals surface area contributed by atoms with Crippen molar-refractivity contribution in [2.24, 2.45) is 0 Å². The van der Waals surface area contributed by atoms with Crippen molar-refractivity contribution >= 4 is 44.8 Å². The van der Waals surface area contributed by atoms with Crippen molar-refractivity contribution in [2.75, 3.05) is 31.3 Å². The molecule has 0 aliphatic rings. The Kier molecular flexibility index (Phi) is 7.62. The van der Waals surface area contributed by atoms with Crippen LogP contribution in [0.15, 0.2) is 36.4 Å². The van der Waals surface area contributed by atoms with Crippen molar-refractivity contribution in [3.8, 4) is 11.5 Å². The van der Waals surface area contributed by atoms with Gasteiger partial charge in [0, 0.05) is 5.56 Å². The van der Waals surface area contributed by atoms with E-state index in [1.807, 2.05) is 0 Å². The zero-order valence-corrected chi connectivity index (χ0v) is 18.7. The highest BCUT2D eigenvalue weighted by atomic mass is 35.5. The number of sulfonamides is 1. The summed E-state index contributed by atoms with van der Waals surface area (Å²) in [6.07, 6.45) is 0.992. The van der Waals surface area contributed by atoms with E-state index in [1.165, 1.54) is 26.4 Å². The van der Waals surface area contributed by atoms with Crippen molar-refractivity contribution in [3.63, 3.8) is 0 Å². The first-order chi connectivity index (χ1) is 13.6. The second-order valence-corrected chi connectivity index (χ2v) is 8.93. The van der Waals surface area contributed by atoms with Crippen molar-refractivity contribution in [1.29, 1.82) is 0 Å². The molecule has 2 aromatic rings. The highest BCUT2D eigenvalue weighted by Gasteiger charge is 2.25. The number of benzene rings is 2. The lowest BCUT2D eigenvalue weighted by Crippen LogP contribution is -2.41. The van der Waals surface area contributed by atoms with Crippen LogP contribution in [-0.2, 0) is 14.8 Å². The summed E-state index contributed by atoms with van der Waals surface area (Å²) in [5, 5.41) is 3.01. The average Bonchev–Trinajstić information content (AvgIpc) is 2.67. The molecule has 7 nitrogen and oxygen atoms in total. The van der Waals surface area contributed by atoms with Gasteiger partial charge in [-0.05, 0) is 37.3 Å². The second-order valence-electron chi connectivity index (χ2n) is 6.24. The van der Waals surface area contributed by atoms with Crippen molar-refractivity contribution in [1.82, 2.24) is 5.32 Å². The first-order valence-corrected chi connectivity index (χ1v) is 11.1. The summed E-state index contributed by atoms with van der Waals surface area (Å²) >= 11 is 12.1. The summed E-state index contributed by atoms with van der Waals surface area (Å²) in [7, 11) is -0.736. The number of nitrogens with zero attached hydrogens (tertiary/aromatic N) is 1. The standard InChI is InChI=1S/C19H22Cl2N2O5S/c1-12(14-10-13(27-2)8-9-17(14)28-3)22-18(24)11-23(29(4,25)26)16-7-5-6-15(20)19(16)21/h5-10,12H,11H2,1-4H3,(H,22,24)/t12-/m1/s1. The zero-order chi connectivity index (χ0) is 21.8. The Morgan fingerprint density at radius 3 is 2.45 bits per heavy atom. The summed E-state index contributed by atoms with van der Waals surface area (Å²) in [5.74, 6) is 0.644. The average molecular weight is 461 g/mol. The molecular formula is C19H22Cl2N2O5S. The molecule has 0 bridgehead atoms. The van der Waals surface area contributed by atoms with Gasteiger partial charge in [-0.3, -0.25) is 9.10 Å². The summed E-state index contributed by atoms with van der Waals surface area (Å²) < 4.78 is 36.0. The molecule has 0 unspecified atom stereocenters. The van der Waals surface area contributed by atoms with Gasteiger partial charge in [0.15, 0.2) is 0 Å². The summed E-state index contributed by atoms with van der Waals surface area (Å²) in [6, 6.07) is 9.32. The van der Waals surface area contributed by atoms with E-state index in [0.29, 0.717) is 17.1 Å². The Bertz CT molecular complexity index is 998. The third-order valence-corrected chi connectivity index (χ3v) is 6.10. The van der Waals surface area contributed by atoms with Gasteiger partial charge < -0.3 is 14.8 Å². The molecule has 0 spiro atoms. The second kappa shape index (κ2) is 9.56. The molecule has 10 heteroatoms. The molecule has 1 amide bonds. The highest BCUT2D eigenvalue weighted by Crippen LogP contribution is 2.34. The number of rotatable bonds is 8. The SMILES string of the molecule is COc1ccc(OC)c([C@@H](C)NC(=O)CN(c2cccc(Cl)c2Cl)S(C)(=O)=O)c1. The van der Waals surface area contributed by atoms with E-state index >= 15 is 0 Å². The fourth-order valence-electron chi connectivity index (χ4n) is 2.74. The van der Waals surface area contributed by atoms with Crippen molar-refractivity contribution < 1.29 is 22.7 Å². The molecule has 0 aliphatic carbocycles. The number of hydrogen-bond donors (Lipinski definition) is 1. The van der Waals surface area contributed by atoms with Crippen LogP contribution in [0.2, 0.25) is 10.0 Å². The molecule has 29 heavy (non-hydrogen) atoms. The van der Waals surface area contributed by atoms with Gasteiger partial charge >= 0.3 is 0 Å². The molecule has 0 saturated carbocycles. The molecule has 2 rings (SSSR count). The summed E-state index contributed by atoms with van der Waals surface area (Å²) in [5.41, 5.74) is 0.815. The van der Waals surface area contributed by atoms with Crippen LogP contribution in [0.5, 0.6) is 11.5 Å². The van der Waals surface area contributed by atoms with Crippen LogP contribution < -0.4 is 19.1 Å². The van der Waals surface area contributed by atoms with Gasteiger partial charge in [0.1, 0.15) is 18.0 Å². The van der Waals surface area contributed by atoms with Crippen LogP contribution in [0.25, 0.3) is 0 Å². The van der Waals surface area contributed by atoms with Crippen LogP contribution in [0.3, 0.4) is 0 Å². The predicted molar refractivity (Wildman–Crippen MR) is 115 cm³/mol. The van der Waals surface area contributed by atoms with Crippen LogP contribution in [0.4, 0.5) is 5.69 Å². The summed E-state index contributed by atoms with van der Waals surface area (Å²) in [6.45, 7) is 1.29. The monoisotopic (exact) mass is 460 g/mol. The van der Waals surface area contributed by atoms with E-state index < -0.39 is 28.5 Å². The highest BCUT2D eigenvalue weighted by molar-refractivity contribution is 7.92. The zero-order valence-electron chi connectivity index (χ0n) is 16.4. The fourth-order valence-corrected chi connectivity index (χ4v) is 4.05. The Labute approximate surface area is 180 Å². The van der Waals surface area contributed by atoms with Gasteiger partial charge in [-0.2, -0.15) is 0 Å². The van der Waals surface area contributed by atoms with Gasteiger partial charge in [-0.25, -0.2) is 8.42 Å². The van der Waals surface area contributed by atoms with Crippen molar-refractivity contribution in [2.45, 2.75) is 13.0 Å². The molecular weight excluding hydrogens is 439 g/mol. The van der Waals surface area contributed by atoms with Crippen LogP contribution in [0.1, 0.15) is 18.5 Å². The van der Waals surface area contributed by atoms with Gasteiger partial charge in [-0.15, -0.1) is 0 Å². The lowest BCUT2D eigenvalue weighted by atomic mass is 10.1. The largest absolute Gasteiger partial charge is 0.497 e. The molecule has 0 fully saturated rings. The molecule has 1 atom stereocenters. The number of anilines is 1. The minimum atomic E-state index is -3.79. The minimum Gasteiger partial charge on any atom is -0.497 e. The number of carbonyl (C=O) groups is 1. The molecule has 0 radical (unpaired) electrons. The Morgan fingerprint density at radius 1 is 1.17 bits per heavy atom. The third-order valence-electron chi connectivity index (χ3n) is 4.17. The van der Waals surface area contributed by atoms with Crippen molar-refractivity contribution in [3.05, 3.63) is 52.0 Å². The maximum atomic E-state index is 12.6. The van der Waals surface area contributed by atoms with E-state index in [0.717, 1.165) is 10.6 Å². The minimum absolute atomic E-state index is 0.0508. The fraction of sp³-hybridized carbons (Fsp3) is 0.316. The van der Waals surface area contributed by atoms with E-state index in [-0.39, 0.29) is 15.7 Å². The Balaban J connectivity index is 2.26. The Morgan fingerprint density at radius 2 is 1.86 bits per heavy atom. The molecule has 0 heterocycles. The van der Waals surface area contributed by atoms with Crippen LogP contribution in [0, 0.1) is 0 Å². The topological polar surface area (TPSA) is 84.9 Å². The molecule has 1 N–H and O–H groups in total. The lowest BCUT2D eigenvalue weighted by Gasteiger charge is -2.25.